The summed E-state index contributed by atoms with van der Waals surface area (Å²) in [5.74, 6) is -3.80. The second kappa shape index (κ2) is 8.30. The molecule has 162 valence electrons. The van der Waals surface area contributed by atoms with Crippen molar-refractivity contribution in [3.63, 3.8) is 0 Å². The number of benzene rings is 1. The van der Waals surface area contributed by atoms with E-state index in [0.29, 0.717) is 12.8 Å². The van der Waals surface area contributed by atoms with Crippen LogP contribution in [0.25, 0.3) is 0 Å². The average Bonchev–Trinajstić information content (AvgIpc) is 3.51. The van der Waals surface area contributed by atoms with Crippen molar-refractivity contribution in [2.75, 3.05) is 30.0 Å². The molecule has 1 heterocycles. The number of carbonyl (C=O) groups excluding carboxylic acids is 4. The molecule has 1 saturated heterocycles. The topological polar surface area (TPSA) is 131 Å². The van der Waals surface area contributed by atoms with Gasteiger partial charge < -0.3 is 26.0 Å². The third-order valence-corrected chi connectivity index (χ3v) is 4.65. The number of nitrogens with one attached hydrogen (secondary N) is 2. The number of anilines is 2. The lowest BCUT2D eigenvalue weighted by molar-refractivity contribution is -0.137. The Kier molecular flexibility index (Phi) is 5.97. The molecule has 1 aromatic rings. The number of rotatable bonds is 6. The normalized spacial score (nSPS) is 18.0. The van der Waals surface area contributed by atoms with E-state index in [1.807, 2.05) is 5.32 Å². The highest BCUT2D eigenvalue weighted by Crippen LogP contribution is 2.37. The van der Waals surface area contributed by atoms with Crippen LogP contribution in [-0.4, -0.2) is 49.4 Å². The second-order valence-electron chi connectivity index (χ2n) is 6.93. The van der Waals surface area contributed by atoms with Crippen LogP contribution in [-0.2, 0) is 30.1 Å². The van der Waals surface area contributed by atoms with Gasteiger partial charge in [0, 0.05) is 18.2 Å². The minimum Gasteiger partial charge on any atom is -0.370 e. The van der Waals surface area contributed by atoms with Crippen LogP contribution in [0.4, 0.5) is 24.5 Å². The van der Waals surface area contributed by atoms with E-state index in [0.717, 1.165) is 17.0 Å². The minimum absolute atomic E-state index is 0.0119. The van der Waals surface area contributed by atoms with Gasteiger partial charge in [-0.15, -0.1) is 0 Å². The maximum Gasteiger partial charge on any atom is 0.418 e. The number of morpholine rings is 1. The predicted octanol–water partition coefficient (Wildman–Crippen LogP) is 0.387. The van der Waals surface area contributed by atoms with Crippen molar-refractivity contribution in [3.8, 4) is 0 Å². The predicted molar refractivity (Wildman–Crippen MR) is 97.1 cm³/mol. The zero-order chi connectivity index (χ0) is 22.1. The molecule has 0 unspecified atom stereocenters. The number of hydrogen-bond donors (Lipinski definition) is 3. The second-order valence-corrected chi connectivity index (χ2v) is 6.93. The SMILES string of the molecule is NC(=O)[C@H](NC(=O)C1CC1)C(=O)Nc1ccc(N2CCOCC2=O)cc1C(F)(F)F. The average molecular weight is 428 g/mol. The summed E-state index contributed by atoms with van der Waals surface area (Å²) >= 11 is 0. The highest BCUT2D eigenvalue weighted by Gasteiger charge is 2.38. The Bertz CT molecular complexity index is 885. The van der Waals surface area contributed by atoms with Gasteiger partial charge in [-0.3, -0.25) is 19.2 Å². The van der Waals surface area contributed by atoms with E-state index in [1.54, 1.807) is 0 Å². The van der Waals surface area contributed by atoms with Crippen molar-refractivity contribution in [2.24, 2.45) is 11.7 Å². The van der Waals surface area contributed by atoms with Gasteiger partial charge in [-0.2, -0.15) is 13.2 Å². The lowest BCUT2D eigenvalue weighted by Gasteiger charge is -2.28. The number of nitrogens with two attached hydrogens (primary N) is 1. The van der Waals surface area contributed by atoms with Crippen LogP contribution >= 0.6 is 0 Å². The lowest BCUT2D eigenvalue weighted by Crippen LogP contribution is -2.52. The Morgan fingerprint density at radius 1 is 1.23 bits per heavy atom. The molecule has 1 aromatic carbocycles. The first-order valence-electron chi connectivity index (χ1n) is 9.08. The van der Waals surface area contributed by atoms with E-state index in [-0.39, 0.29) is 31.4 Å². The first-order chi connectivity index (χ1) is 14.1. The van der Waals surface area contributed by atoms with Crippen LogP contribution in [0.2, 0.25) is 0 Å². The molecule has 1 aliphatic heterocycles. The van der Waals surface area contributed by atoms with Gasteiger partial charge in [0.2, 0.25) is 11.8 Å². The number of nitrogens with zero attached hydrogens (tertiary/aromatic N) is 1. The number of alkyl halides is 3. The van der Waals surface area contributed by atoms with Crippen LogP contribution in [0.5, 0.6) is 0 Å². The first-order valence-corrected chi connectivity index (χ1v) is 9.08. The van der Waals surface area contributed by atoms with E-state index < -0.39 is 47.1 Å². The van der Waals surface area contributed by atoms with E-state index in [4.69, 9.17) is 10.5 Å². The number of hydrogen-bond acceptors (Lipinski definition) is 5. The quantitative estimate of drug-likeness (QED) is 0.564. The van der Waals surface area contributed by atoms with Crippen molar-refractivity contribution in [1.82, 2.24) is 5.32 Å². The number of primary amides is 1. The number of ether oxygens (including phenoxy) is 1. The Hall–Kier alpha value is -3.15. The Morgan fingerprint density at radius 3 is 2.50 bits per heavy atom. The molecule has 0 aromatic heterocycles. The minimum atomic E-state index is -4.87. The summed E-state index contributed by atoms with van der Waals surface area (Å²) in [6.45, 7) is 0.00612. The summed E-state index contributed by atoms with van der Waals surface area (Å²) in [6.07, 6.45) is -3.68. The molecule has 12 heteroatoms. The molecule has 4 N–H and O–H groups in total. The summed E-state index contributed by atoms with van der Waals surface area (Å²) in [7, 11) is 0. The largest absolute Gasteiger partial charge is 0.418 e. The Morgan fingerprint density at radius 2 is 1.93 bits per heavy atom. The van der Waals surface area contributed by atoms with E-state index in [9.17, 15) is 32.3 Å². The number of amides is 4. The molecule has 1 atom stereocenters. The van der Waals surface area contributed by atoms with Crippen molar-refractivity contribution in [2.45, 2.75) is 25.1 Å². The van der Waals surface area contributed by atoms with E-state index >= 15 is 0 Å². The van der Waals surface area contributed by atoms with Gasteiger partial charge in [-0.05, 0) is 31.0 Å². The molecule has 1 saturated carbocycles. The third kappa shape index (κ3) is 4.87. The van der Waals surface area contributed by atoms with Crippen molar-refractivity contribution < 1.29 is 37.1 Å². The maximum atomic E-state index is 13.6. The molecule has 4 amide bonds. The van der Waals surface area contributed by atoms with Gasteiger partial charge in [0.25, 0.3) is 11.8 Å². The highest BCUT2D eigenvalue weighted by molar-refractivity contribution is 6.12. The van der Waals surface area contributed by atoms with Gasteiger partial charge in [-0.25, -0.2) is 0 Å². The standard InChI is InChI=1S/C18H19F3N4O5/c19-18(20,21)11-7-10(25-5-6-30-8-13(25)26)3-4-12(11)23-17(29)14(15(22)27)24-16(28)9-1-2-9/h3-4,7,9,14H,1-2,5-6,8H2,(H2,22,27)(H,23,29)(H,24,28)/t14-/m0/s1. The lowest BCUT2D eigenvalue weighted by atomic mass is 10.1. The fourth-order valence-electron chi connectivity index (χ4n) is 2.91. The fourth-order valence-corrected chi connectivity index (χ4v) is 2.91. The summed E-state index contributed by atoms with van der Waals surface area (Å²) in [5.41, 5.74) is 3.26. The van der Waals surface area contributed by atoms with Crippen molar-refractivity contribution in [1.29, 1.82) is 0 Å². The molecule has 9 nitrogen and oxygen atoms in total. The van der Waals surface area contributed by atoms with Gasteiger partial charge in [0.1, 0.15) is 6.61 Å². The zero-order valence-corrected chi connectivity index (χ0v) is 15.6. The van der Waals surface area contributed by atoms with Crippen LogP contribution in [0, 0.1) is 5.92 Å². The van der Waals surface area contributed by atoms with Crippen LogP contribution in [0.15, 0.2) is 18.2 Å². The molecule has 0 spiro atoms. The summed E-state index contributed by atoms with van der Waals surface area (Å²) in [5, 5.41) is 4.15. The first kappa shape index (κ1) is 21.6. The molecule has 3 rings (SSSR count). The highest BCUT2D eigenvalue weighted by atomic mass is 19.4. The maximum absolute atomic E-state index is 13.6. The Balaban J connectivity index is 1.84. The molecule has 30 heavy (non-hydrogen) atoms. The summed E-state index contributed by atoms with van der Waals surface area (Å²) in [4.78, 5) is 48.8. The monoisotopic (exact) mass is 428 g/mol. The Labute approximate surface area is 168 Å². The summed E-state index contributed by atoms with van der Waals surface area (Å²) < 4.78 is 45.7. The van der Waals surface area contributed by atoms with Gasteiger partial charge in [-0.1, -0.05) is 0 Å². The number of carbonyl (C=O) groups is 4. The van der Waals surface area contributed by atoms with Crippen LogP contribution < -0.4 is 21.3 Å². The molecule has 2 aliphatic rings. The van der Waals surface area contributed by atoms with E-state index in [1.165, 1.54) is 6.07 Å². The van der Waals surface area contributed by atoms with Crippen LogP contribution in [0.1, 0.15) is 18.4 Å². The third-order valence-electron chi connectivity index (χ3n) is 4.65. The van der Waals surface area contributed by atoms with Crippen molar-refractivity contribution >= 4 is 35.0 Å². The molecule has 0 radical (unpaired) electrons. The molecular weight excluding hydrogens is 409 g/mol. The molecular formula is C18H19F3N4O5. The van der Waals surface area contributed by atoms with Crippen LogP contribution in [0.3, 0.4) is 0 Å². The number of halogens is 3. The van der Waals surface area contributed by atoms with Gasteiger partial charge in [0.15, 0.2) is 6.04 Å². The van der Waals surface area contributed by atoms with E-state index in [2.05, 4.69) is 5.32 Å². The summed E-state index contributed by atoms with van der Waals surface area (Å²) in [6, 6.07) is 1.11. The van der Waals surface area contributed by atoms with Crippen molar-refractivity contribution in [3.05, 3.63) is 23.8 Å². The fraction of sp³-hybridized carbons (Fsp3) is 0.444. The van der Waals surface area contributed by atoms with Gasteiger partial charge >= 0.3 is 6.18 Å². The molecule has 0 bridgehead atoms. The molecule has 1 aliphatic carbocycles. The zero-order valence-electron chi connectivity index (χ0n) is 15.6. The van der Waals surface area contributed by atoms with Gasteiger partial charge in [0.05, 0.1) is 17.9 Å². The smallest absolute Gasteiger partial charge is 0.370 e. The molecule has 2 fully saturated rings.